The smallest absolute Gasteiger partial charge is 0.333 e. The van der Waals surface area contributed by atoms with E-state index in [1.165, 1.54) is 12.5 Å². The van der Waals surface area contributed by atoms with Crippen molar-refractivity contribution < 1.29 is 34.4 Å². The molecule has 4 aliphatic rings. The summed E-state index contributed by atoms with van der Waals surface area (Å²) in [6.45, 7) is 10.4. The molecule has 7 heteroatoms. The number of fused-ring (bicyclic) bond motifs is 5. The zero-order valence-corrected chi connectivity index (χ0v) is 22.0. The van der Waals surface area contributed by atoms with Crippen LogP contribution >= 0.6 is 0 Å². The molecule has 7 nitrogen and oxygen atoms in total. The summed E-state index contributed by atoms with van der Waals surface area (Å²) in [6, 6.07) is 0. The molecule has 0 radical (unpaired) electrons. The van der Waals surface area contributed by atoms with Crippen LogP contribution in [0.2, 0.25) is 0 Å². The largest absolute Gasteiger partial charge is 0.460 e. The number of rotatable bonds is 4. The molecule has 4 rings (SSSR count). The minimum Gasteiger partial charge on any atom is -0.460 e. The van der Waals surface area contributed by atoms with E-state index in [1.807, 2.05) is 6.92 Å². The molecule has 0 saturated heterocycles. The predicted octanol–water partition coefficient (Wildman–Crippen LogP) is 3.60. The second-order valence-corrected chi connectivity index (χ2v) is 11.9. The number of hydrogen-bond donors (Lipinski definition) is 3. The van der Waals surface area contributed by atoms with Crippen LogP contribution in [0, 0.1) is 22.7 Å². The third-order valence-electron chi connectivity index (χ3n) is 10.5. The predicted molar refractivity (Wildman–Crippen MR) is 130 cm³/mol. The number of esters is 2. The van der Waals surface area contributed by atoms with Crippen molar-refractivity contribution >= 4 is 11.9 Å². The van der Waals surface area contributed by atoms with E-state index in [1.54, 1.807) is 26.8 Å². The zero-order chi connectivity index (χ0) is 26.0. The van der Waals surface area contributed by atoms with Crippen LogP contribution in [-0.2, 0) is 19.1 Å². The van der Waals surface area contributed by atoms with Gasteiger partial charge in [-0.05, 0) is 83.0 Å². The fraction of sp³-hybridized carbons (Fsp3) is 0.786. The van der Waals surface area contributed by atoms with E-state index in [0.717, 1.165) is 6.42 Å². The summed E-state index contributed by atoms with van der Waals surface area (Å²) in [5.74, 6) is -1.09. The summed E-state index contributed by atoms with van der Waals surface area (Å²) >= 11 is 0. The van der Waals surface area contributed by atoms with Gasteiger partial charge in [-0.2, -0.15) is 0 Å². The number of carbonyl (C=O) groups excluding carboxylic acids is 2. The highest BCUT2D eigenvalue weighted by Gasteiger charge is 2.77. The Morgan fingerprint density at radius 1 is 1.14 bits per heavy atom. The van der Waals surface area contributed by atoms with Crippen molar-refractivity contribution in [3.05, 3.63) is 23.3 Å². The van der Waals surface area contributed by atoms with Gasteiger partial charge in [-0.1, -0.05) is 31.6 Å². The quantitative estimate of drug-likeness (QED) is 0.313. The highest BCUT2D eigenvalue weighted by molar-refractivity contribution is 5.87. The minimum absolute atomic E-state index is 0.0307. The van der Waals surface area contributed by atoms with Crippen LogP contribution in [0.3, 0.4) is 0 Å². The summed E-state index contributed by atoms with van der Waals surface area (Å²) in [5, 5.41) is 35.0. The Kier molecular flexibility index (Phi) is 6.56. The lowest BCUT2D eigenvalue weighted by molar-refractivity contribution is -0.279. The molecule has 0 amide bonds. The van der Waals surface area contributed by atoms with Crippen molar-refractivity contribution in [2.24, 2.45) is 22.7 Å². The second-order valence-electron chi connectivity index (χ2n) is 11.9. The van der Waals surface area contributed by atoms with Gasteiger partial charge >= 0.3 is 11.9 Å². The molecule has 3 saturated carbocycles. The van der Waals surface area contributed by atoms with Gasteiger partial charge in [0, 0.05) is 12.5 Å². The Labute approximate surface area is 208 Å². The SMILES string of the molecule is CC=C(C)C(=O)OC1CC2C(CC=C3CC(O)CCC32C)C2(O)CCC(O)(C(C)OC(C)=O)C12C. The van der Waals surface area contributed by atoms with E-state index in [2.05, 4.69) is 13.0 Å². The van der Waals surface area contributed by atoms with Crippen LogP contribution < -0.4 is 0 Å². The molecule has 9 unspecified atom stereocenters. The van der Waals surface area contributed by atoms with Gasteiger partial charge in [0.1, 0.15) is 17.8 Å². The number of carbonyl (C=O) groups is 2. The van der Waals surface area contributed by atoms with Gasteiger partial charge in [-0.3, -0.25) is 4.79 Å². The molecular weight excluding hydrogens is 448 g/mol. The van der Waals surface area contributed by atoms with Crippen LogP contribution in [0.4, 0.5) is 0 Å². The van der Waals surface area contributed by atoms with Crippen LogP contribution in [-0.4, -0.2) is 56.8 Å². The van der Waals surface area contributed by atoms with Crippen molar-refractivity contribution in [3.8, 4) is 0 Å². The number of allylic oxidation sites excluding steroid dienone is 2. The third-order valence-corrected chi connectivity index (χ3v) is 10.5. The Balaban J connectivity index is 1.83. The molecule has 0 aromatic heterocycles. The van der Waals surface area contributed by atoms with Gasteiger partial charge in [-0.25, -0.2) is 4.79 Å². The van der Waals surface area contributed by atoms with Gasteiger partial charge < -0.3 is 24.8 Å². The second kappa shape index (κ2) is 8.70. The molecule has 3 N–H and O–H groups in total. The van der Waals surface area contributed by atoms with E-state index in [0.29, 0.717) is 37.7 Å². The Bertz CT molecular complexity index is 955. The molecule has 0 aliphatic heterocycles. The molecule has 0 heterocycles. The molecule has 3 fully saturated rings. The Morgan fingerprint density at radius 3 is 2.46 bits per heavy atom. The van der Waals surface area contributed by atoms with Gasteiger partial charge in [-0.15, -0.1) is 0 Å². The maximum Gasteiger partial charge on any atom is 0.333 e. The molecule has 9 atom stereocenters. The lowest BCUT2D eigenvalue weighted by Gasteiger charge is -2.64. The van der Waals surface area contributed by atoms with Crippen LogP contribution in [0.15, 0.2) is 23.3 Å². The average Bonchev–Trinajstić information content (AvgIpc) is 3.02. The summed E-state index contributed by atoms with van der Waals surface area (Å²) in [4.78, 5) is 24.8. The molecule has 0 aromatic rings. The van der Waals surface area contributed by atoms with E-state index >= 15 is 0 Å². The third kappa shape index (κ3) is 3.64. The van der Waals surface area contributed by atoms with Crippen molar-refractivity contribution in [1.29, 1.82) is 0 Å². The van der Waals surface area contributed by atoms with E-state index in [4.69, 9.17) is 9.47 Å². The summed E-state index contributed by atoms with van der Waals surface area (Å²) in [5.41, 5.74) is -2.67. The lowest BCUT2D eigenvalue weighted by Crippen LogP contribution is -2.72. The van der Waals surface area contributed by atoms with Crippen LogP contribution in [0.5, 0.6) is 0 Å². The fourth-order valence-corrected chi connectivity index (χ4v) is 8.13. The summed E-state index contributed by atoms with van der Waals surface area (Å²) in [6.07, 6.45) is 5.69. The van der Waals surface area contributed by atoms with E-state index < -0.39 is 40.8 Å². The highest BCUT2D eigenvalue weighted by Crippen LogP contribution is 2.70. The first-order valence-corrected chi connectivity index (χ1v) is 13.1. The summed E-state index contributed by atoms with van der Waals surface area (Å²) in [7, 11) is 0. The molecule has 196 valence electrons. The maximum absolute atomic E-state index is 13.0. The highest BCUT2D eigenvalue weighted by atomic mass is 16.6. The Hall–Kier alpha value is -1.70. The fourth-order valence-electron chi connectivity index (χ4n) is 8.13. The minimum atomic E-state index is -1.57. The average molecular weight is 491 g/mol. The first kappa shape index (κ1) is 26.4. The molecule has 35 heavy (non-hydrogen) atoms. The number of aliphatic hydroxyl groups is 3. The van der Waals surface area contributed by atoms with Crippen molar-refractivity contribution in [2.45, 2.75) is 116 Å². The van der Waals surface area contributed by atoms with Crippen LogP contribution in [0.1, 0.15) is 86.5 Å². The lowest BCUT2D eigenvalue weighted by atomic mass is 9.44. The molecular formula is C28H42O7. The van der Waals surface area contributed by atoms with Gasteiger partial charge in [0.2, 0.25) is 0 Å². The van der Waals surface area contributed by atoms with E-state index in [-0.39, 0.29) is 29.8 Å². The number of ether oxygens (including phenoxy) is 2. The molecule has 0 spiro atoms. The van der Waals surface area contributed by atoms with Crippen molar-refractivity contribution in [2.75, 3.05) is 0 Å². The van der Waals surface area contributed by atoms with Gasteiger partial charge in [0.15, 0.2) is 0 Å². The van der Waals surface area contributed by atoms with Gasteiger partial charge in [0.25, 0.3) is 0 Å². The Morgan fingerprint density at radius 2 is 1.83 bits per heavy atom. The first-order valence-electron chi connectivity index (χ1n) is 13.1. The normalized spacial score (nSPS) is 46.0. The maximum atomic E-state index is 13.0. The molecule has 0 aromatic carbocycles. The summed E-state index contributed by atoms with van der Waals surface area (Å²) < 4.78 is 11.6. The van der Waals surface area contributed by atoms with Crippen molar-refractivity contribution in [3.63, 3.8) is 0 Å². The molecule has 0 bridgehead atoms. The van der Waals surface area contributed by atoms with E-state index in [9.17, 15) is 24.9 Å². The number of aliphatic hydroxyl groups excluding tert-OH is 1. The molecule has 4 aliphatic carbocycles. The topological polar surface area (TPSA) is 113 Å². The zero-order valence-electron chi connectivity index (χ0n) is 22.0. The van der Waals surface area contributed by atoms with Crippen molar-refractivity contribution in [1.82, 2.24) is 0 Å². The first-order chi connectivity index (χ1) is 16.2. The van der Waals surface area contributed by atoms with Gasteiger partial charge in [0.05, 0.1) is 17.1 Å². The van der Waals surface area contributed by atoms with Crippen LogP contribution in [0.25, 0.3) is 0 Å². The monoisotopic (exact) mass is 490 g/mol. The number of hydrogen-bond acceptors (Lipinski definition) is 7. The standard InChI is InChI=1S/C28H42O7/c1-7-16(2)24(31)35-23-15-22-21(9-8-19-14-20(30)10-11-25(19,22)5)28(33)13-12-27(32,26(23,28)6)17(3)34-18(4)29/h7-8,17,20-23,30,32-33H,9-15H2,1-6H3.